The van der Waals surface area contributed by atoms with Crippen LogP contribution in [0.4, 0.5) is 11.4 Å². The molecule has 2 aromatic carbocycles. The van der Waals surface area contributed by atoms with E-state index in [0.717, 1.165) is 22.4 Å². The van der Waals surface area contributed by atoms with E-state index < -0.39 is 9.84 Å². The summed E-state index contributed by atoms with van der Waals surface area (Å²) < 4.78 is 26.8. The maximum absolute atomic E-state index is 13.1. The molecular formula is C24H29BrN2O4S. The number of sulfone groups is 1. The minimum absolute atomic E-state index is 0.0309. The Labute approximate surface area is 198 Å². The number of nitrogens with zero attached hydrogens (tertiary/aromatic N) is 2. The van der Waals surface area contributed by atoms with E-state index in [-0.39, 0.29) is 28.9 Å². The van der Waals surface area contributed by atoms with Gasteiger partial charge >= 0.3 is 0 Å². The Morgan fingerprint density at radius 1 is 1.09 bits per heavy atom. The summed E-state index contributed by atoms with van der Waals surface area (Å²) in [4.78, 5) is 28.5. The average molecular weight is 521 g/mol. The van der Waals surface area contributed by atoms with Gasteiger partial charge in [-0.25, -0.2) is 8.42 Å². The first kappa shape index (κ1) is 24.5. The summed E-state index contributed by atoms with van der Waals surface area (Å²) in [5.41, 5.74) is 4.58. The van der Waals surface area contributed by atoms with Gasteiger partial charge in [0.1, 0.15) is 0 Å². The topological polar surface area (TPSA) is 74.8 Å². The maximum Gasteiger partial charge on any atom is 0.228 e. The zero-order valence-electron chi connectivity index (χ0n) is 18.9. The molecule has 0 atom stereocenters. The molecule has 2 amide bonds. The Bertz CT molecular complexity index is 1160. The first-order chi connectivity index (χ1) is 15.1. The third kappa shape index (κ3) is 4.91. The van der Waals surface area contributed by atoms with Crippen LogP contribution in [0.5, 0.6) is 0 Å². The number of halogens is 1. The van der Waals surface area contributed by atoms with Gasteiger partial charge in [-0.3, -0.25) is 9.59 Å². The molecule has 1 heterocycles. The molecule has 0 aromatic heterocycles. The van der Waals surface area contributed by atoms with Crippen molar-refractivity contribution >= 4 is 49.0 Å². The fourth-order valence-corrected chi connectivity index (χ4v) is 6.38. The fraction of sp³-hybridized carbons (Fsp3) is 0.417. The third-order valence-electron chi connectivity index (χ3n) is 5.97. The molecule has 6 nitrogen and oxygen atoms in total. The van der Waals surface area contributed by atoms with Crippen molar-refractivity contribution in [2.75, 3.05) is 28.6 Å². The van der Waals surface area contributed by atoms with Crippen LogP contribution in [0.2, 0.25) is 0 Å². The molecule has 1 aliphatic heterocycles. The van der Waals surface area contributed by atoms with E-state index in [1.165, 1.54) is 0 Å². The molecule has 172 valence electrons. The van der Waals surface area contributed by atoms with Crippen molar-refractivity contribution in [2.45, 2.75) is 51.9 Å². The molecule has 3 rings (SSSR count). The Kier molecular flexibility index (Phi) is 7.45. The lowest BCUT2D eigenvalue weighted by Crippen LogP contribution is -2.32. The number of carbonyl (C=O) groups is 2. The largest absolute Gasteiger partial charge is 0.313 e. The van der Waals surface area contributed by atoms with Gasteiger partial charge in [-0.05, 0) is 84.1 Å². The van der Waals surface area contributed by atoms with Crippen LogP contribution in [0.3, 0.4) is 0 Å². The van der Waals surface area contributed by atoms with Crippen LogP contribution in [0.25, 0.3) is 0 Å². The highest BCUT2D eigenvalue weighted by Gasteiger charge is 2.29. The van der Waals surface area contributed by atoms with E-state index in [2.05, 4.69) is 15.9 Å². The quantitative estimate of drug-likeness (QED) is 0.535. The number of rotatable bonds is 7. The molecule has 0 spiro atoms. The van der Waals surface area contributed by atoms with Crippen molar-refractivity contribution in [3.63, 3.8) is 0 Å². The third-order valence-corrected chi connectivity index (χ3v) is 8.64. The van der Waals surface area contributed by atoms with Gasteiger partial charge in [0, 0.05) is 41.8 Å². The van der Waals surface area contributed by atoms with Crippen LogP contribution in [0, 0.1) is 13.8 Å². The highest BCUT2D eigenvalue weighted by Crippen LogP contribution is 2.36. The van der Waals surface area contributed by atoms with Gasteiger partial charge in [0.25, 0.3) is 0 Å². The molecule has 0 saturated heterocycles. The van der Waals surface area contributed by atoms with Crippen molar-refractivity contribution in [1.29, 1.82) is 0 Å². The van der Waals surface area contributed by atoms with Crippen molar-refractivity contribution in [3.05, 3.63) is 51.5 Å². The zero-order chi connectivity index (χ0) is 23.6. The molecule has 32 heavy (non-hydrogen) atoms. The Morgan fingerprint density at radius 2 is 1.81 bits per heavy atom. The second kappa shape index (κ2) is 9.75. The van der Waals surface area contributed by atoms with Crippen LogP contribution < -0.4 is 9.80 Å². The van der Waals surface area contributed by atoms with E-state index >= 15 is 0 Å². The number of aryl methyl sites for hydroxylation is 2. The van der Waals surface area contributed by atoms with Gasteiger partial charge in [-0.2, -0.15) is 0 Å². The van der Waals surface area contributed by atoms with Gasteiger partial charge in [0.15, 0.2) is 9.84 Å². The van der Waals surface area contributed by atoms with Crippen LogP contribution in [-0.2, 0) is 25.8 Å². The number of hydrogen-bond donors (Lipinski definition) is 0. The molecule has 0 fully saturated rings. The van der Waals surface area contributed by atoms with Crippen molar-refractivity contribution in [1.82, 2.24) is 0 Å². The van der Waals surface area contributed by atoms with Crippen molar-refractivity contribution in [2.24, 2.45) is 0 Å². The first-order valence-corrected chi connectivity index (χ1v) is 13.3. The molecule has 0 unspecified atom stereocenters. The first-order valence-electron chi connectivity index (χ1n) is 10.8. The molecule has 0 N–H and O–H groups in total. The van der Waals surface area contributed by atoms with Crippen LogP contribution in [-0.4, -0.2) is 39.1 Å². The van der Waals surface area contributed by atoms with Gasteiger partial charge in [0.05, 0.1) is 10.6 Å². The second-order valence-electron chi connectivity index (χ2n) is 8.04. The minimum Gasteiger partial charge on any atom is -0.313 e. The number of carbonyl (C=O) groups excluding carboxylic acids is 2. The molecule has 1 aliphatic rings. The van der Waals surface area contributed by atoms with E-state index in [4.69, 9.17) is 0 Å². The number of anilines is 2. The summed E-state index contributed by atoms with van der Waals surface area (Å²) >= 11 is 3.38. The number of amides is 2. The number of fused-ring (bicyclic) bond motifs is 1. The second-order valence-corrected chi connectivity index (χ2v) is 11.0. The highest BCUT2D eigenvalue weighted by molar-refractivity contribution is 9.10. The zero-order valence-corrected chi connectivity index (χ0v) is 21.3. The Morgan fingerprint density at radius 3 is 2.44 bits per heavy atom. The van der Waals surface area contributed by atoms with Crippen LogP contribution in [0.15, 0.2) is 39.7 Å². The lowest BCUT2D eigenvalue weighted by Gasteiger charge is -2.22. The van der Waals surface area contributed by atoms with E-state index in [0.29, 0.717) is 36.1 Å². The predicted molar refractivity (Wildman–Crippen MR) is 131 cm³/mol. The minimum atomic E-state index is -3.73. The lowest BCUT2D eigenvalue weighted by molar-refractivity contribution is -0.119. The predicted octanol–water partition coefficient (Wildman–Crippen LogP) is 4.58. The van der Waals surface area contributed by atoms with Crippen molar-refractivity contribution in [3.8, 4) is 0 Å². The van der Waals surface area contributed by atoms with E-state index in [9.17, 15) is 18.0 Å². The molecular weight excluding hydrogens is 492 g/mol. The Balaban J connectivity index is 1.81. The highest BCUT2D eigenvalue weighted by atomic mass is 79.9. The maximum atomic E-state index is 13.1. The van der Waals surface area contributed by atoms with Crippen LogP contribution in [0.1, 0.15) is 43.4 Å². The number of hydrogen-bond acceptors (Lipinski definition) is 4. The van der Waals surface area contributed by atoms with Gasteiger partial charge in [-0.15, -0.1) is 0 Å². The van der Waals surface area contributed by atoms with Gasteiger partial charge < -0.3 is 9.80 Å². The average Bonchev–Trinajstić information content (AvgIpc) is 3.16. The summed E-state index contributed by atoms with van der Waals surface area (Å²) in [6, 6.07) is 9.14. The number of benzene rings is 2. The summed E-state index contributed by atoms with van der Waals surface area (Å²) in [6.07, 6.45) is 0.932. The molecule has 0 radical (unpaired) electrons. The molecule has 8 heteroatoms. The normalized spacial score (nSPS) is 13.2. The van der Waals surface area contributed by atoms with Crippen LogP contribution >= 0.6 is 15.9 Å². The Hall–Kier alpha value is -2.19. The molecule has 0 bridgehead atoms. The summed E-state index contributed by atoms with van der Waals surface area (Å²) in [7, 11) is -3.73. The van der Waals surface area contributed by atoms with E-state index in [1.54, 1.807) is 28.9 Å². The molecule has 0 aliphatic carbocycles. The lowest BCUT2D eigenvalue weighted by atomic mass is 10.1. The monoisotopic (exact) mass is 520 g/mol. The molecule has 2 aromatic rings. The van der Waals surface area contributed by atoms with Crippen molar-refractivity contribution < 1.29 is 18.0 Å². The summed E-state index contributed by atoms with van der Waals surface area (Å²) in [5, 5.41) is 0. The van der Waals surface area contributed by atoms with Gasteiger partial charge in [0.2, 0.25) is 11.8 Å². The standard InChI is InChI=1S/C24H29BrN2O4S/c1-5-23(28)27-11-9-18-14-20(25)22(15-21(18)27)32(30,31)12-10-24(29)26(6-2)19-8-7-16(3)17(4)13-19/h7-8,13-15H,5-6,9-12H2,1-4H3. The van der Waals surface area contributed by atoms with E-state index in [1.807, 2.05) is 39.0 Å². The SMILES string of the molecule is CCC(=O)N1CCc2cc(Br)c(S(=O)(=O)CCC(=O)N(CC)c3ccc(C)c(C)c3)cc21. The van der Waals surface area contributed by atoms with Gasteiger partial charge in [-0.1, -0.05) is 13.0 Å². The smallest absolute Gasteiger partial charge is 0.228 e. The summed E-state index contributed by atoms with van der Waals surface area (Å²) in [6.45, 7) is 8.67. The molecule has 0 saturated carbocycles. The fourth-order valence-electron chi connectivity index (χ4n) is 3.94. The summed E-state index contributed by atoms with van der Waals surface area (Å²) in [5.74, 6) is -0.567.